The molecule has 36 heavy (non-hydrogen) atoms. The van der Waals surface area contributed by atoms with Crippen molar-refractivity contribution in [3.05, 3.63) is 70.9 Å². The van der Waals surface area contributed by atoms with E-state index in [4.69, 9.17) is 11.6 Å². The SMILES string of the molecule is CC1CCC(Cn2c(C(C)(F)c3ncccc3F)cc3nc(C#N)nc(-c4cncc(Cl)c4)c32)CC1. The number of alkyl halides is 1. The van der Waals surface area contributed by atoms with Crippen LogP contribution in [0.5, 0.6) is 0 Å². The number of rotatable bonds is 5. The van der Waals surface area contributed by atoms with E-state index in [1.165, 1.54) is 31.5 Å². The van der Waals surface area contributed by atoms with Gasteiger partial charge in [0.05, 0.1) is 21.7 Å². The van der Waals surface area contributed by atoms with Crippen LogP contribution < -0.4 is 0 Å². The number of hydrogen-bond donors (Lipinski definition) is 0. The van der Waals surface area contributed by atoms with Gasteiger partial charge in [-0.15, -0.1) is 0 Å². The number of nitriles is 1. The average Bonchev–Trinajstić information content (AvgIpc) is 3.24. The van der Waals surface area contributed by atoms with Gasteiger partial charge in [0, 0.05) is 30.7 Å². The molecule has 4 aromatic rings. The number of pyridine rings is 2. The quantitative estimate of drug-likeness (QED) is 0.304. The summed E-state index contributed by atoms with van der Waals surface area (Å²) < 4.78 is 33.3. The molecule has 0 saturated heterocycles. The molecule has 4 heterocycles. The lowest BCUT2D eigenvalue weighted by atomic mass is 9.83. The summed E-state index contributed by atoms with van der Waals surface area (Å²) in [6.45, 7) is 4.07. The second kappa shape index (κ2) is 9.55. The molecule has 1 fully saturated rings. The molecule has 1 aliphatic carbocycles. The molecule has 0 N–H and O–H groups in total. The highest BCUT2D eigenvalue weighted by Crippen LogP contribution is 2.41. The molecule has 6 nitrogen and oxygen atoms in total. The fourth-order valence-corrected chi connectivity index (χ4v) is 5.33. The Hall–Kier alpha value is -3.44. The molecular formula is C27H25ClF2N6. The molecule has 0 spiro atoms. The van der Waals surface area contributed by atoms with Crippen LogP contribution in [-0.2, 0) is 12.2 Å². The van der Waals surface area contributed by atoms with E-state index >= 15 is 4.39 Å². The molecule has 4 aromatic heterocycles. The van der Waals surface area contributed by atoms with Crippen LogP contribution in [0.1, 0.15) is 56.7 Å². The highest BCUT2D eigenvalue weighted by molar-refractivity contribution is 6.30. The van der Waals surface area contributed by atoms with Crippen LogP contribution in [0.15, 0.2) is 42.9 Å². The van der Waals surface area contributed by atoms with Crippen LogP contribution in [0.25, 0.3) is 22.3 Å². The van der Waals surface area contributed by atoms with Crippen molar-refractivity contribution in [1.82, 2.24) is 24.5 Å². The van der Waals surface area contributed by atoms with E-state index in [2.05, 4.69) is 26.9 Å². The summed E-state index contributed by atoms with van der Waals surface area (Å²) >= 11 is 6.22. The Bertz CT molecular complexity index is 1470. The molecule has 184 valence electrons. The molecule has 9 heteroatoms. The Morgan fingerprint density at radius 3 is 2.67 bits per heavy atom. The zero-order chi connectivity index (χ0) is 25.4. The van der Waals surface area contributed by atoms with E-state index in [9.17, 15) is 9.65 Å². The van der Waals surface area contributed by atoms with Gasteiger partial charge in [-0.1, -0.05) is 31.4 Å². The second-order valence-electron chi connectivity index (χ2n) is 9.74. The second-order valence-corrected chi connectivity index (χ2v) is 10.2. The third-order valence-corrected chi connectivity index (χ3v) is 7.29. The third-order valence-electron chi connectivity index (χ3n) is 7.08. The number of nitrogens with zero attached hydrogens (tertiary/aromatic N) is 6. The molecule has 0 radical (unpaired) electrons. The van der Waals surface area contributed by atoms with Gasteiger partial charge in [-0.05, 0) is 55.9 Å². The molecule has 1 unspecified atom stereocenters. The van der Waals surface area contributed by atoms with E-state index in [0.29, 0.717) is 45.7 Å². The third kappa shape index (κ3) is 4.44. The van der Waals surface area contributed by atoms with Crippen molar-refractivity contribution in [2.24, 2.45) is 11.8 Å². The summed E-state index contributed by atoms with van der Waals surface area (Å²) in [4.78, 5) is 17.1. The van der Waals surface area contributed by atoms with E-state index < -0.39 is 11.5 Å². The molecule has 0 aliphatic heterocycles. The van der Waals surface area contributed by atoms with Gasteiger partial charge >= 0.3 is 0 Å². The van der Waals surface area contributed by atoms with Crippen molar-refractivity contribution in [3.63, 3.8) is 0 Å². The maximum absolute atomic E-state index is 16.6. The lowest BCUT2D eigenvalue weighted by Crippen LogP contribution is -2.27. The van der Waals surface area contributed by atoms with E-state index in [1.54, 1.807) is 18.3 Å². The maximum atomic E-state index is 16.6. The lowest BCUT2D eigenvalue weighted by Gasteiger charge is -2.29. The van der Waals surface area contributed by atoms with Crippen molar-refractivity contribution in [1.29, 1.82) is 5.26 Å². The minimum absolute atomic E-state index is 0.0581. The normalized spacial score (nSPS) is 19.7. The highest BCUT2D eigenvalue weighted by atomic mass is 35.5. The standard InChI is InChI=1S/C27H25ClF2N6/c1-16-5-7-17(8-6-16)15-36-22(27(2,30)26-20(29)4-3-9-33-26)11-21-25(36)24(35-23(12-31)34-21)18-10-19(28)14-32-13-18/h3-4,9-11,13-14,16-17H,5-8,15H2,1-2H3. The summed E-state index contributed by atoms with van der Waals surface area (Å²) in [5.74, 6) is 0.179. The Kier molecular flexibility index (Phi) is 6.44. The Labute approximate surface area is 213 Å². The predicted molar refractivity (Wildman–Crippen MR) is 133 cm³/mol. The maximum Gasteiger partial charge on any atom is 0.233 e. The Balaban J connectivity index is 1.78. The van der Waals surface area contributed by atoms with Gasteiger partial charge in [-0.25, -0.2) is 18.7 Å². The first-order valence-electron chi connectivity index (χ1n) is 12.0. The van der Waals surface area contributed by atoms with Crippen molar-refractivity contribution in [2.75, 3.05) is 0 Å². The molecule has 5 rings (SSSR count). The minimum Gasteiger partial charge on any atom is -0.338 e. The smallest absolute Gasteiger partial charge is 0.233 e. The lowest BCUT2D eigenvalue weighted by molar-refractivity contribution is 0.209. The van der Waals surface area contributed by atoms with Crippen molar-refractivity contribution in [3.8, 4) is 17.3 Å². The van der Waals surface area contributed by atoms with Gasteiger partial charge in [0.1, 0.15) is 23.3 Å². The van der Waals surface area contributed by atoms with Gasteiger partial charge in [0.2, 0.25) is 5.82 Å². The summed E-state index contributed by atoms with van der Waals surface area (Å²) in [5.41, 5.74) is -0.369. The van der Waals surface area contributed by atoms with Crippen LogP contribution in [0, 0.1) is 29.0 Å². The first kappa shape index (κ1) is 24.3. The van der Waals surface area contributed by atoms with Crippen LogP contribution in [0.3, 0.4) is 0 Å². The van der Waals surface area contributed by atoms with Gasteiger partial charge < -0.3 is 4.57 Å². The minimum atomic E-state index is -2.26. The molecule has 1 saturated carbocycles. The Morgan fingerprint density at radius 1 is 1.19 bits per heavy atom. The summed E-state index contributed by atoms with van der Waals surface area (Å²) in [7, 11) is 0. The van der Waals surface area contributed by atoms with Gasteiger partial charge in [-0.2, -0.15) is 5.26 Å². The average molecular weight is 507 g/mol. The van der Waals surface area contributed by atoms with Crippen LogP contribution in [0.2, 0.25) is 5.02 Å². The van der Waals surface area contributed by atoms with Gasteiger partial charge in [0.15, 0.2) is 5.67 Å². The van der Waals surface area contributed by atoms with Gasteiger partial charge in [-0.3, -0.25) is 9.97 Å². The van der Waals surface area contributed by atoms with Crippen LogP contribution in [0.4, 0.5) is 8.78 Å². The van der Waals surface area contributed by atoms with Crippen molar-refractivity contribution in [2.45, 2.75) is 51.7 Å². The number of fused-ring (bicyclic) bond motifs is 1. The number of hydrogen-bond acceptors (Lipinski definition) is 5. The molecule has 0 aromatic carbocycles. The first-order chi connectivity index (χ1) is 17.3. The van der Waals surface area contributed by atoms with Crippen LogP contribution in [-0.4, -0.2) is 24.5 Å². The number of halogens is 3. The summed E-state index contributed by atoms with van der Waals surface area (Å²) in [6, 6.07) is 7.90. The summed E-state index contributed by atoms with van der Waals surface area (Å²) in [6.07, 6.45) is 8.69. The summed E-state index contributed by atoms with van der Waals surface area (Å²) in [5, 5.41) is 10.0. The van der Waals surface area contributed by atoms with E-state index in [0.717, 1.165) is 25.7 Å². The largest absolute Gasteiger partial charge is 0.338 e. The molecule has 0 amide bonds. The zero-order valence-electron chi connectivity index (χ0n) is 20.0. The van der Waals surface area contributed by atoms with E-state index in [1.807, 2.05) is 10.6 Å². The zero-order valence-corrected chi connectivity index (χ0v) is 20.8. The van der Waals surface area contributed by atoms with E-state index in [-0.39, 0.29) is 17.2 Å². The number of aromatic nitrogens is 5. The fraction of sp³-hybridized carbons (Fsp3) is 0.370. The monoisotopic (exact) mass is 506 g/mol. The molecular weight excluding hydrogens is 482 g/mol. The molecule has 1 aliphatic rings. The Morgan fingerprint density at radius 2 is 1.97 bits per heavy atom. The van der Waals surface area contributed by atoms with Crippen LogP contribution >= 0.6 is 11.6 Å². The first-order valence-corrected chi connectivity index (χ1v) is 12.4. The van der Waals surface area contributed by atoms with Gasteiger partial charge in [0.25, 0.3) is 0 Å². The van der Waals surface area contributed by atoms with Crippen molar-refractivity contribution < 1.29 is 8.78 Å². The highest BCUT2D eigenvalue weighted by Gasteiger charge is 2.38. The topological polar surface area (TPSA) is 80.3 Å². The molecule has 1 atom stereocenters. The predicted octanol–water partition coefficient (Wildman–Crippen LogP) is 6.61. The van der Waals surface area contributed by atoms with Crippen molar-refractivity contribution >= 4 is 22.6 Å². The molecule has 0 bridgehead atoms. The fourth-order valence-electron chi connectivity index (χ4n) is 5.16.